The van der Waals surface area contributed by atoms with Crippen molar-refractivity contribution < 1.29 is 4.79 Å². The average Bonchev–Trinajstić information content (AvgIpc) is 2.25. The molecule has 0 radical (unpaired) electrons. The zero-order chi connectivity index (χ0) is 11.4. The normalized spacial score (nSPS) is 17.6. The number of halogens is 1. The molecule has 0 heterocycles. The Labute approximate surface area is 105 Å². The largest absolute Gasteiger partial charge is 0.350 e. The fraction of sp³-hybridized carbons (Fsp3) is 0.462. The molecule has 2 rings (SSSR count). The summed E-state index contributed by atoms with van der Waals surface area (Å²) in [5, 5.41) is 4.00. The van der Waals surface area contributed by atoms with Gasteiger partial charge in [-0.25, -0.2) is 0 Å². The van der Waals surface area contributed by atoms with E-state index in [2.05, 4.69) is 21.2 Å². The minimum atomic E-state index is 0.0336. The van der Waals surface area contributed by atoms with Gasteiger partial charge in [-0.1, -0.05) is 46.3 Å². The fourth-order valence-corrected chi connectivity index (χ4v) is 2.72. The van der Waals surface area contributed by atoms with Gasteiger partial charge in [-0.05, 0) is 24.8 Å². The molecule has 3 heteroatoms. The SMILES string of the molecule is O=C(Cc1ccccc1)NC1(CBr)CCC1. The standard InChI is InChI=1S/C13H16BrNO/c14-10-13(7-4-8-13)15-12(16)9-11-5-2-1-3-6-11/h1-3,5-6H,4,7-10H2,(H,15,16). The predicted octanol–water partition coefficient (Wildman–Crippen LogP) is 2.66. The van der Waals surface area contributed by atoms with Crippen molar-refractivity contribution in [1.82, 2.24) is 5.32 Å². The van der Waals surface area contributed by atoms with Crippen molar-refractivity contribution in [3.63, 3.8) is 0 Å². The summed E-state index contributed by atoms with van der Waals surface area (Å²) < 4.78 is 0. The molecule has 0 saturated heterocycles. The molecule has 1 aromatic rings. The van der Waals surface area contributed by atoms with Gasteiger partial charge in [0.1, 0.15) is 0 Å². The van der Waals surface area contributed by atoms with E-state index >= 15 is 0 Å². The van der Waals surface area contributed by atoms with Crippen LogP contribution in [0.2, 0.25) is 0 Å². The van der Waals surface area contributed by atoms with Gasteiger partial charge >= 0.3 is 0 Å². The van der Waals surface area contributed by atoms with E-state index in [0.717, 1.165) is 23.7 Å². The first-order valence-corrected chi connectivity index (χ1v) is 6.77. The second-order valence-electron chi connectivity index (χ2n) is 4.48. The minimum absolute atomic E-state index is 0.0336. The summed E-state index contributed by atoms with van der Waals surface area (Å²) in [6.45, 7) is 0. The fourth-order valence-electron chi connectivity index (χ4n) is 2.02. The molecule has 2 nitrogen and oxygen atoms in total. The van der Waals surface area contributed by atoms with Gasteiger partial charge in [-0.15, -0.1) is 0 Å². The van der Waals surface area contributed by atoms with E-state index in [9.17, 15) is 4.79 Å². The predicted molar refractivity (Wildman–Crippen MR) is 68.7 cm³/mol. The van der Waals surface area contributed by atoms with E-state index in [1.807, 2.05) is 30.3 Å². The van der Waals surface area contributed by atoms with Crippen molar-refractivity contribution in [2.75, 3.05) is 5.33 Å². The highest BCUT2D eigenvalue weighted by molar-refractivity contribution is 9.09. The van der Waals surface area contributed by atoms with Crippen molar-refractivity contribution in [1.29, 1.82) is 0 Å². The van der Waals surface area contributed by atoms with Gasteiger partial charge in [-0.2, -0.15) is 0 Å². The number of benzene rings is 1. The van der Waals surface area contributed by atoms with Crippen LogP contribution in [-0.4, -0.2) is 16.8 Å². The van der Waals surface area contributed by atoms with Crippen LogP contribution in [0.5, 0.6) is 0 Å². The molecule has 1 aromatic carbocycles. The van der Waals surface area contributed by atoms with Crippen LogP contribution in [0.3, 0.4) is 0 Å². The zero-order valence-electron chi connectivity index (χ0n) is 9.21. The molecule has 1 aliphatic rings. The highest BCUT2D eigenvalue weighted by Crippen LogP contribution is 2.33. The first-order chi connectivity index (χ1) is 7.74. The molecule has 1 amide bonds. The summed E-state index contributed by atoms with van der Waals surface area (Å²) in [5.74, 6) is 0.130. The van der Waals surface area contributed by atoms with Crippen molar-refractivity contribution in [2.24, 2.45) is 0 Å². The summed E-state index contributed by atoms with van der Waals surface area (Å²) in [5.41, 5.74) is 1.11. The molecule has 0 unspecified atom stereocenters. The van der Waals surface area contributed by atoms with Crippen LogP contribution in [0.15, 0.2) is 30.3 Å². The van der Waals surface area contributed by atoms with Crippen LogP contribution in [-0.2, 0) is 11.2 Å². The lowest BCUT2D eigenvalue weighted by Gasteiger charge is -2.41. The van der Waals surface area contributed by atoms with Crippen LogP contribution in [0.1, 0.15) is 24.8 Å². The molecular weight excluding hydrogens is 266 g/mol. The summed E-state index contributed by atoms with van der Waals surface area (Å²) in [4.78, 5) is 11.8. The van der Waals surface area contributed by atoms with E-state index in [1.54, 1.807) is 0 Å². The first-order valence-electron chi connectivity index (χ1n) is 5.65. The Kier molecular flexibility index (Phi) is 3.64. The Morgan fingerprint density at radius 3 is 2.50 bits per heavy atom. The molecule has 1 saturated carbocycles. The van der Waals surface area contributed by atoms with E-state index in [4.69, 9.17) is 0 Å². The average molecular weight is 282 g/mol. The first kappa shape index (κ1) is 11.6. The van der Waals surface area contributed by atoms with Crippen molar-refractivity contribution in [3.05, 3.63) is 35.9 Å². The summed E-state index contributed by atoms with van der Waals surface area (Å²) in [6.07, 6.45) is 3.89. The smallest absolute Gasteiger partial charge is 0.224 e. The maximum atomic E-state index is 11.8. The molecule has 0 bridgehead atoms. The third-order valence-corrected chi connectivity index (χ3v) is 4.25. The number of hydrogen-bond donors (Lipinski definition) is 1. The summed E-state index contributed by atoms with van der Waals surface area (Å²) in [7, 11) is 0. The van der Waals surface area contributed by atoms with Crippen LogP contribution in [0.25, 0.3) is 0 Å². The minimum Gasteiger partial charge on any atom is -0.350 e. The second kappa shape index (κ2) is 5.00. The Hall–Kier alpha value is -0.830. The van der Waals surface area contributed by atoms with Gasteiger partial charge < -0.3 is 5.32 Å². The Morgan fingerprint density at radius 1 is 1.31 bits per heavy atom. The maximum Gasteiger partial charge on any atom is 0.224 e. The van der Waals surface area contributed by atoms with Gasteiger partial charge in [0.25, 0.3) is 0 Å². The number of carbonyl (C=O) groups is 1. The number of nitrogens with one attached hydrogen (secondary N) is 1. The van der Waals surface area contributed by atoms with Crippen molar-refractivity contribution in [2.45, 2.75) is 31.2 Å². The van der Waals surface area contributed by atoms with E-state index in [1.165, 1.54) is 6.42 Å². The van der Waals surface area contributed by atoms with Crippen LogP contribution < -0.4 is 5.32 Å². The van der Waals surface area contributed by atoms with Gasteiger partial charge in [0.15, 0.2) is 0 Å². The number of rotatable bonds is 4. The monoisotopic (exact) mass is 281 g/mol. The molecule has 1 aliphatic carbocycles. The summed E-state index contributed by atoms with van der Waals surface area (Å²) >= 11 is 3.48. The molecule has 86 valence electrons. The topological polar surface area (TPSA) is 29.1 Å². The van der Waals surface area contributed by atoms with Gasteiger partial charge in [0, 0.05) is 10.9 Å². The molecule has 0 aromatic heterocycles. The highest BCUT2D eigenvalue weighted by atomic mass is 79.9. The van der Waals surface area contributed by atoms with Crippen LogP contribution in [0, 0.1) is 0 Å². The summed E-state index contributed by atoms with van der Waals surface area (Å²) in [6, 6.07) is 9.87. The third-order valence-electron chi connectivity index (χ3n) is 3.18. The Bertz CT molecular complexity index is 354. The second-order valence-corrected chi connectivity index (χ2v) is 5.04. The molecule has 0 atom stereocenters. The lowest BCUT2D eigenvalue weighted by Crippen LogP contribution is -2.55. The molecule has 16 heavy (non-hydrogen) atoms. The molecule has 0 aliphatic heterocycles. The van der Waals surface area contributed by atoms with Gasteiger partial charge in [0.05, 0.1) is 6.42 Å². The number of alkyl halides is 1. The molecule has 0 spiro atoms. The van der Waals surface area contributed by atoms with Crippen molar-refractivity contribution >= 4 is 21.8 Å². The van der Waals surface area contributed by atoms with Crippen LogP contribution >= 0.6 is 15.9 Å². The molecule has 1 N–H and O–H groups in total. The molecule has 1 fully saturated rings. The zero-order valence-corrected chi connectivity index (χ0v) is 10.8. The maximum absolute atomic E-state index is 11.8. The third kappa shape index (κ3) is 2.64. The molecular formula is C13H16BrNO. The van der Waals surface area contributed by atoms with E-state index in [-0.39, 0.29) is 11.4 Å². The quantitative estimate of drug-likeness (QED) is 0.845. The van der Waals surface area contributed by atoms with Gasteiger partial charge in [0.2, 0.25) is 5.91 Å². The number of amides is 1. The van der Waals surface area contributed by atoms with E-state index < -0.39 is 0 Å². The Balaban J connectivity index is 1.89. The van der Waals surface area contributed by atoms with Crippen LogP contribution in [0.4, 0.5) is 0 Å². The lowest BCUT2D eigenvalue weighted by molar-refractivity contribution is -0.123. The van der Waals surface area contributed by atoms with E-state index in [0.29, 0.717) is 6.42 Å². The Morgan fingerprint density at radius 2 is 2.00 bits per heavy atom. The highest BCUT2D eigenvalue weighted by Gasteiger charge is 2.36. The van der Waals surface area contributed by atoms with Gasteiger partial charge in [-0.3, -0.25) is 4.79 Å². The lowest BCUT2D eigenvalue weighted by atomic mass is 9.78. The number of hydrogen-bond acceptors (Lipinski definition) is 1. The number of carbonyl (C=O) groups excluding carboxylic acids is 1. The van der Waals surface area contributed by atoms with Crippen molar-refractivity contribution in [3.8, 4) is 0 Å².